The van der Waals surface area contributed by atoms with E-state index in [9.17, 15) is 54.3 Å². The molecule has 13 heterocycles. The quantitative estimate of drug-likeness (QED) is 0.0245. The van der Waals surface area contributed by atoms with Crippen LogP contribution in [0.25, 0.3) is 78.2 Å². The fourth-order valence-corrected chi connectivity index (χ4v) is 22.3. The second-order valence-electron chi connectivity index (χ2n) is 34.5. The molecule has 4 saturated heterocycles. The zero-order valence-electron chi connectivity index (χ0n) is 78.5. The monoisotopic (exact) mass is 1910 g/mol. The molecule has 2 amide bonds. The maximum atomic E-state index is 13.5. The molecule has 6 aliphatic heterocycles. The summed E-state index contributed by atoms with van der Waals surface area (Å²) < 4.78 is 119. The van der Waals surface area contributed by atoms with Crippen molar-refractivity contribution in [2.45, 2.75) is 165 Å². The number of hydrogen-bond donors (Lipinski definition) is 6. The molecule has 0 spiro atoms. The SMILES string of the molecule is CCCOc1ccc(S(=O)(=O)N2CCN(CCO)CC2)cc1-c1nc2c(CCC)nn(CC)c2c(=O)[nH]1.CCCOc1ccc(S(=O)(=O)NCCC2CCCN2C)cc1-c1nc2c(CCC)nn(C)c2c(=O)[nH]1.CCCc1nn(C)c2c(=O)[nH]c(-c3cc(S(=O)(=O)N4CCN(C)CC4)ccc3OCC)nc12.CN1CC(=O)N2[C@H](c3ccc4c(c3)OCO4)c3[nH]c4ccccc4c3C[C@@H]2C1=O. The second kappa shape index (κ2) is 42.2. The maximum Gasteiger partial charge on any atom is 0.277 e. The van der Waals surface area contributed by atoms with E-state index in [4.69, 9.17) is 38.6 Å². The van der Waals surface area contributed by atoms with E-state index < -0.39 is 36.1 Å². The lowest BCUT2D eigenvalue weighted by atomic mass is 9.86. The molecule has 0 saturated carbocycles. The molecule has 7 aromatic heterocycles. The molecule has 6 N–H and O–H groups in total. The van der Waals surface area contributed by atoms with Crippen molar-refractivity contribution in [2.75, 3.05) is 133 Å². The van der Waals surface area contributed by atoms with Gasteiger partial charge < -0.3 is 68.3 Å². The third-order valence-electron chi connectivity index (χ3n) is 25.2. The molecule has 3 atom stereocenters. The highest BCUT2D eigenvalue weighted by atomic mass is 32.2. The van der Waals surface area contributed by atoms with Crippen LogP contribution < -0.4 is 45.1 Å². The number of para-hydroxylation sites is 1. The van der Waals surface area contributed by atoms with Crippen LogP contribution in [-0.2, 0) is 86.0 Å². The molecule has 4 fully saturated rings. The smallest absolute Gasteiger partial charge is 0.277 e. The van der Waals surface area contributed by atoms with Crippen LogP contribution in [0.2, 0.25) is 0 Å². The maximum absolute atomic E-state index is 13.5. The number of piperazine rings is 3. The molecule has 41 heteroatoms. The average molecular weight is 1910 g/mol. The van der Waals surface area contributed by atoms with Gasteiger partial charge in [-0.1, -0.05) is 78.1 Å². The highest BCUT2D eigenvalue weighted by molar-refractivity contribution is 7.90. The van der Waals surface area contributed by atoms with E-state index in [0.29, 0.717) is 202 Å². The number of carbonyl (C=O) groups excluding carboxylic acids is 2. The van der Waals surface area contributed by atoms with Gasteiger partial charge in [-0.05, 0) is 170 Å². The Labute approximate surface area is 783 Å². The number of benzene rings is 5. The summed E-state index contributed by atoms with van der Waals surface area (Å²) in [6.07, 6.45) is 9.65. The summed E-state index contributed by atoms with van der Waals surface area (Å²) in [5, 5.41) is 23.8. The summed E-state index contributed by atoms with van der Waals surface area (Å²) in [6.45, 7) is 21.9. The van der Waals surface area contributed by atoms with E-state index in [1.54, 1.807) is 61.1 Å². The van der Waals surface area contributed by atoms with E-state index in [1.807, 2.05) is 96.8 Å². The number of aromatic nitrogens is 13. The summed E-state index contributed by atoms with van der Waals surface area (Å²) >= 11 is 0. The Bertz CT molecular complexity index is 6910. The first-order chi connectivity index (χ1) is 64.9. The predicted molar refractivity (Wildman–Crippen MR) is 512 cm³/mol. The first kappa shape index (κ1) is 97.7. The van der Waals surface area contributed by atoms with Gasteiger partial charge in [0.1, 0.15) is 57.3 Å². The third kappa shape index (κ3) is 20.5. The number of aryl methyl sites for hydroxylation is 6. The summed E-state index contributed by atoms with van der Waals surface area (Å²) in [5.41, 5.74) is 9.23. The molecular weight excluding hydrogens is 1790 g/mol. The molecule has 18 rings (SSSR count). The van der Waals surface area contributed by atoms with E-state index in [2.05, 4.69) is 62.9 Å². The number of β-amino-alcohol motifs (C(OH)–C–C–N with tert-alkyl or cyclic N) is 1. The predicted octanol–water partition coefficient (Wildman–Crippen LogP) is 8.50. The van der Waals surface area contributed by atoms with Gasteiger partial charge in [0.2, 0.25) is 48.7 Å². The summed E-state index contributed by atoms with van der Waals surface area (Å²) in [7, 11) is -2.07. The van der Waals surface area contributed by atoms with E-state index >= 15 is 0 Å². The van der Waals surface area contributed by atoms with Crippen LogP contribution in [0.5, 0.6) is 28.7 Å². The molecule has 722 valence electrons. The molecule has 38 nitrogen and oxygen atoms in total. The van der Waals surface area contributed by atoms with Gasteiger partial charge in [0.15, 0.2) is 28.0 Å². The number of amides is 2. The Kier molecular flexibility index (Phi) is 30.6. The zero-order chi connectivity index (χ0) is 95.9. The summed E-state index contributed by atoms with van der Waals surface area (Å²) in [6, 6.07) is 27.4. The minimum atomic E-state index is -3.79. The van der Waals surface area contributed by atoms with Crippen LogP contribution in [0.15, 0.2) is 126 Å². The lowest BCUT2D eigenvalue weighted by Crippen LogP contribution is -2.62. The minimum absolute atomic E-state index is 0.0220. The number of hydrogen-bond acceptors (Lipinski definition) is 26. The lowest BCUT2D eigenvalue weighted by molar-refractivity contribution is -0.157. The third-order valence-corrected chi connectivity index (χ3v) is 30.4. The molecule has 0 bridgehead atoms. The normalized spacial score (nSPS) is 17.5. The molecule has 0 radical (unpaired) electrons. The van der Waals surface area contributed by atoms with Crippen molar-refractivity contribution in [3.63, 3.8) is 0 Å². The number of nitrogens with zero attached hydrogens (tertiary/aromatic N) is 16. The van der Waals surface area contributed by atoms with Crippen LogP contribution >= 0.6 is 0 Å². The van der Waals surface area contributed by atoms with E-state index in [-0.39, 0.29) is 86.6 Å². The molecular formula is C94H121N21O17S3. The Morgan fingerprint density at radius 3 is 1.58 bits per heavy atom. The average Bonchev–Trinajstić information content (AvgIpc) is 1.62. The van der Waals surface area contributed by atoms with Gasteiger partial charge in [-0.2, -0.15) is 23.9 Å². The molecule has 1 unspecified atom stereocenters. The lowest BCUT2D eigenvalue weighted by Gasteiger charge is -2.46. The van der Waals surface area contributed by atoms with Crippen molar-refractivity contribution in [1.82, 2.24) is 102 Å². The van der Waals surface area contributed by atoms with Crippen LogP contribution in [0.1, 0.15) is 140 Å². The van der Waals surface area contributed by atoms with E-state index in [0.717, 1.165) is 103 Å². The number of aliphatic hydroxyl groups is 1. The Balaban J connectivity index is 0.000000137. The Morgan fingerprint density at radius 1 is 0.541 bits per heavy atom. The van der Waals surface area contributed by atoms with Gasteiger partial charge in [-0.25, -0.2) is 44.9 Å². The standard InChI is InChI=1S/C25H36N6O5S.C25H36N6O4S.C22H30N6O4S.C22H19N3O4/c1-4-7-20-22-23(31(6-3)28-20)25(33)27-24(26-22)19-17-18(8-9-21(19)36-16-5-2)37(34,35)30-12-10-29(11-13-30)14-15-32;1-5-8-20-22-23(31(4)29-20)25(32)28-24(27-22)19-16-18(10-11-21(19)35-15-6-2)36(33,34)26-13-12-17-9-7-14-30(17)3;1-5-7-17-19-20(27(4)25-17)22(29)24-21(23-19)16-14-15(8-9-18(16)32-6-2)33(30,31)28-12-10-26(3)11-13-28;1-24-10-19(26)25-16(22(24)27)9-14-13-4-2-3-5-15(13)23-20(14)21(25)12-6-7-17-18(8-12)29-11-28-17/h8-9,17,32H,4-7,10-16H2,1-3H3,(H,26,27,33);10-11,16-17,26H,5-9,12-15H2,1-4H3,(H,27,28,32);8-9,14H,5-7,10-13H2,1-4H3,(H,23,24,29);2-8,16,21,23H,9-11H2,1H3/t;;;16-,21-/m...1/s1. The second-order valence-corrected chi connectivity index (χ2v) is 40.2. The highest BCUT2D eigenvalue weighted by Gasteiger charge is 2.48. The Morgan fingerprint density at radius 2 is 1.05 bits per heavy atom. The zero-order valence-corrected chi connectivity index (χ0v) is 81.0. The van der Waals surface area contributed by atoms with Crippen LogP contribution in [0, 0.1) is 0 Å². The number of carbonyl (C=O) groups is 2. The van der Waals surface area contributed by atoms with E-state index in [1.165, 1.54) is 47.1 Å². The molecule has 12 aromatic rings. The number of aliphatic hydroxyl groups excluding tert-OH is 1. The van der Waals surface area contributed by atoms with Crippen LogP contribution in [0.3, 0.4) is 0 Å². The van der Waals surface area contributed by atoms with Crippen molar-refractivity contribution in [3.8, 4) is 62.9 Å². The minimum Gasteiger partial charge on any atom is -0.493 e. The number of ether oxygens (including phenoxy) is 5. The van der Waals surface area contributed by atoms with Crippen molar-refractivity contribution < 1.29 is 63.6 Å². The number of nitrogens with one attached hydrogen (secondary N) is 5. The number of likely N-dealkylation sites (tertiary alicyclic amines) is 1. The number of H-pyrrole nitrogens is 4. The fourth-order valence-electron chi connectivity index (χ4n) is 18.3. The van der Waals surface area contributed by atoms with Crippen molar-refractivity contribution >= 4 is 85.9 Å². The fraction of sp³-hybridized carbons (Fsp3) is 0.479. The molecule has 6 aliphatic rings. The first-order valence-corrected chi connectivity index (χ1v) is 50.8. The van der Waals surface area contributed by atoms with Gasteiger partial charge >= 0.3 is 0 Å². The van der Waals surface area contributed by atoms with Gasteiger partial charge in [0.25, 0.3) is 16.7 Å². The van der Waals surface area contributed by atoms with Crippen LogP contribution in [0.4, 0.5) is 0 Å². The van der Waals surface area contributed by atoms with Gasteiger partial charge in [0.05, 0.1) is 87.5 Å². The van der Waals surface area contributed by atoms with Crippen molar-refractivity contribution in [2.24, 2.45) is 14.1 Å². The largest absolute Gasteiger partial charge is 0.493 e. The number of fused-ring (bicyclic) bond motifs is 8. The Hall–Kier alpha value is -11.8. The molecule has 135 heavy (non-hydrogen) atoms. The van der Waals surface area contributed by atoms with Gasteiger partial charge in [-0.3, -0.25) is 42.9 Å². The topological polar surface area (TPSA) is 444 Å². The molecule has 0 aliphatic carbocycles. The van der Waals surface area contributed by atoms with Gasteiger partial charge in [0, 0.05) is 122 Å². The number of likely N-dealkylation sites (N-methyl/N-ethyl adjacent to an activating group) is 2. The number of sulfonamides is 3. The van der Waals surface area contributed by atoms with Crippen molar-refractivity contribution in [3.05, 3.63) is 162 Å². The summed E-state index contributed by atoms with van der Waals surface area (Å²) in [5.74, 6) is 3.43. The number of rotatable bonds is 30. The number of aromatic amines is 4. The van der Waals surface area contributed by atoms with Gasteiger partial charge in [-0.15, -0.1) is 0 Å². The highest BCUT2D eigenvalue weighted by Crippen LogP contribution is 2.46. The molecule has 5 aromatic carbocycles. The van der Waals surface area contributed by atoms with Crippen LogP contribution in [-0.4, -0.2) is 284 Å². The van der Waals surface area contributed by atoms with Crippen molar-refractivity contribution in [1.29, 1.82) is 0 Å². The first-order valence-electron chi connectivity index (χ1n) is 46.5. The summed E-state index contributed by atoms with van der Waals surface area (Å²) in [4.78, 5) is 101.